The Bertz CT molecular complexity index is 407. The van der Waals surface area contributed by atoms with Gasteiger partial charge < -0.3 is 20.5 Å². The first kappa shape index (κ1) is 15.5. The van der Waals surface area contributed by atoms with Gasteiger partial charge in [-0.2, -0.15) is 0 Å². The lowest BCUT2D eigenvalue weighted by Crippen LogP contribution is -2.37. The summed E-state index contributed by atoms with van der Waals surface area (Å²) in [7, 11) is 1.59. The second-order valence-electron chi connectivity index (χ2n) is 4.41. The first-order chi connectivity index (χ1) is 9.04. The van der Waals surface area contributed by atoms with Crippen LogP contribution in [0.5, 0.6) is 5.75 Å². The summed E-state index contributed by atoms with van der Waals surface area (Å²) in [6, 6.07) is 7.40. The minimum absolute atomic E-state index is 0.0608. The molecule has 1 amide bonds. The number of nitrogens with two attached hydrogens (primary N) is 1. The van der Waals surface area contributed by atoms with Crippen molar-refractivity contribution in [1.82, 2.24) is 5.32 Å². The van der Waals surface area contributed by atoms with Gasteiger partial charge in [0, 0.05) is 19.7 Å². The van der Waals surface area contributed by atoms with E-state index in [2.05, 4.69) is 5.32 Å². The van der Waals surface area contributed by atoms with E-state index in [9.17, 15) is 4.79 Å². The monoisotopic (exact) mass is 266 g/mol. The van der Waals surface area contributed by atoms with E-state index in [1.54, 1.807) is 14.0 Å². The molecule has 0 radical (unpaired) electrons. The third-order valence-corrected chi connectivity index (χ3v) is 2.67. The van der Waals surface area contributed by atoms with Gasteiger partial charge in [-0.3, -0.25) is 4.79 Å². The van der Waals surface area contributed by atoms with Gasteiger partial charge in [-0.15, -0.1) is 0 Å². The third-order valence-electron chi connectivity index (χ3n) is 2.67. The molecule has 0 heterocycles. The second-order valence-corrected chi connectivity index (χ2v) is 4.41. The van der Waals surface area contributed by atoms with Crippen molar-refractivity contribution in [3.05, 3.63) is 29.8 Å². The molecule has 0 bridgehead atoms. The van der Waals surface area contributed by atoms with Gasteiger partial charge in [-0.05, 0) is 31.5 Å². The van der Waals surface area contributed by atoms with Crippen molar-refractivity contribution < 1.29 is 14.3 Å². The van der Waals surface area contributed by atoms with Crippen LogP contribution in [0.25, 0.3) is 0 Å². The van der Waals surface area contributed by atoms with Crippen molar-refractivity contribution in [3.8, 4) is 5.75 Å². The molecule has 0 aromatic heterocycles. The van der Waals surface area contributed by atoms with Crippen LogP contribution in [0, 0.1) is 0 Å². The lowest BCUT2D eigenvalue weighted by Gasteiger charge is -2.15. The molecule has 106 valence electrons. The van der Waals surface area contributed by atoms with E-state index < -0.39 is 6.10 Å². The molecule has 1 rings (SSSR count). The van der Waals surface area contributed by atoms with Crippen LogP contribution < -0.4 is 15.8 Å². The normalized spacial score (nSPS) is 13.7. The molecule has 0 aliphatic carbocycles. The average Bonchev–Trinajstić information content (AvgIpc) is 2.39. The number of carbonyl (C=O) groups excluding carboxylic acids is 1. The average molecular weight is 266 g/mol. The van der Waals surface area contributed by atoms with Crippen molar-refractivity contribution in [3.63, 3.8) is 0 Å². The number of hydrogen-bond donors (Lipinski definition) is 2. The van der Waals surface area contributed by atoms with Crippen LogP contribution in [-0.2, 0) is 9.53 Å². The number of methoxy groups -OCH3 is 1. The molecule has 1 aromatic carbocycles. The second kappa shape index (κ2) is 7.76. The number of benzene rings is 1. The van der Waals surface area contributed by atoms with Gasteiger partial charge in [0.2, 0.25) is 0 Å². The van der Waals surface area contributed by atoms with Gasteiger partial charge in [0.1, 0.15) is 5.75 Å². The molecule has 3 N–H and O–H groups in total. The standard InChI is InChI=1S/C14H22N2O3/c1-10(15)12-5-4-6-13(9-12)19-11(2)14(17)16-7-8-18-3/h4-6,9-11H,7-8,15H2,1-3H3,(H,16,17). The van der Waals surface area contributed by atoms with Crippen LogP contribution in [0.3, 0.4) is 0 Å². The van der Waals surface area contributed by atoms with Crippen LogP contribution in [-0.4, -0.2) is 32.3 Å². The smallest absolute Gasteiger partial charge is 0.260 e. The van der Waals surface area contributed by atoms with Gasteiger partial charge in [0.15, 0.2) is 6.10 Å². The molecule has 2 atom stereocenters. The molecule has 5 heteroatoms. The quantitative estimate of drug-likeness (QED) is 0.728. The van der Waals surface area contributed by atoms with Crippen molar-refractivity contribution in [1.29, 1.82) is 0 Å². The van der Waals surface area contributed by atoms with E-state index in [1.807, 2.05) is 31.2 Å². The molecule has 0 spiro atoms. The van der Waals surface area contributed by atoms with Gasteiger partial charge >= 0.3 is 0 Å². The highest BCUT2D eigenvalue weighted by Gasteiger charge is 2.14. The summed E-state index contributed by atoms with van der Waals surface area (Å²) in [4.78, 5) is 11.7. The topological polar surface area (TPSA) is 73.6 Å². The minimum atomic E-state index is -0.555. The van der Waals surface area contributed by atoms with Gasteiger partial charge in [-0.25, -0.2) is 0 Å². The molecule has 0 saturated carbocycles. The molecular weight excluding hydrogens is 244 g/mol. The molecular formula is C14H22N2O3. The number of carbonyl (C=O) groups is 1. The van der Waals surface area contributed by atoms with Crippen LogP contribution in [0.1, 0.15) is 25.5 Å². The summed E-state index contributed by atoms with van der Waals surface area (Å²) in [5.74, 6) is 0.479. The van der Waals surface area contributed by atoms with E-state index in [0.29, 0.717) is 18.9 Å². The van der Waals surface area contributed by atoms with E-state index in [-0.39, 0.29) is 11.9 Å². The molecule has 19 heavy (non-hydrogen) atoms. The maximum atomic E-state index is 11.7. The Morgan fingerprint density at radius 1 is 1.42 bits per heavy atom. The molecule has 2 unspecified atom stereocenters. The third kappa shape index (κ3) is 5.28. The summed E-state index contributed by atoms with van der Waals surface area (Å²) in [6.45, 7) is 4.57. The molecule has 0 aliphatic heterocycles. The number of nitrogens with one attached hydrogen (secondary N) is 1. The Morgan fingerprint density at radius 3 is 2.79 bits per heavy atom. The first-order valence-corrected chi connectivity index (χ1v) is 6.33. The summed E-state index contributed by atoms with van der Waals surface area (Å²) in [5, 5.41) is 2.73. The van der Waals surface area contributed by atoms with E-state index in [0.717, 1.165) is 5.56 Å². The highest BCUT2D eigenvalue weighted by Crippen LogP contribution is 2.18. The van der Waals surface area contributed by atoms with E-state index in [4.69, 9.17) is 15.2 Å². The Hall–Kier alpha value is -1.59. The fraction of sp³-hybridized carbons (Fsp3) is 0.500. The molecule has 1 aromatic rings. The lowest BCUT2D eigenvalue weighted by atomic mass is 10.1. The predicted octanol–water partition coefficient (Wildman–Crippen LogP) is 1.24. The van der Waals surface area contributed by atoms with Crippen LogP contribution >= 0.6 is 0 Å². The Kier molecular flexibility index (Phi) is 6.32. The molecule has 5 nitrogen and oxygen atoms in total. The summed E-state index contributed by atoms with van der Waals surface area (Å²) >= 11 is 0. The van der Waals surface area contributed by atoms with Crippen LogP contribution in [0.4, 0.5) is 0 Å². The Labute approximate surface area is 114 Å². The highest BCUT2D eigenvalue weighted by molar-refractivity contribution is 5.80. The fourth-order valence-electron chi connectivity index (χ4n) is 1.55. The van der Waals surface area contributed by atoms with Gasteiger partial charge in [0.05, 0.1) is 6.61 Å². The first-order valence-electron chi connectivity index (χ1n) is 6.33. The van der Waals surface area contributed by atoms with Crippen LogP contribution in [0.2, 0.25) is 0 Å². The Balaban J connectivity index is 2.53. The fourth-order valence-corrected chi connectivity index (χ4v) is 1.55. The lowest BCUT2D eigenvalue weighted by molar-refractivity contribution is -0.127. The van der Waals surface area contributed by atoms with Crippen molar-refractivity contribution in [2.24, 2.45) is 5.73 Å². The highest BCUT2D eigenvalue weighted by atomic mass is 16.5. The van der Waals surface area contributed by atoms with Gasteiger partial charge in [-0.1, -0.05) is 12.1 Å². The van der Waals surface area contributed by atoms with Crippen molar-refractivity contribution in [2.75, 3.05) is 20.3 Å². The molecule has 0 saturated heterocycles. The predicted molar refractivity (Wildman–Crippen MR) is 74.0 cm³/mol. The zero-order valence-corrected chi connectivity index (χ0v) is 11.7. The van der Waals surface area contributed by atoms with E-state index >= 15 is 0 Å². The van der Waals surface area contributed by atoms with Crippen molar-refractivity contribution >= 4 is 5.91 Å². The number of amides is 1. The molecule has 0 aliphatic rings. The Morgan fingerprint density at radius 2 is 2.16 bits per heavy atom. The van der Waals surface area contributed by atoms with Crippen molar-refractivity contribution in [2.45, 2.75) is 26.0 Å². The zero-order chi connectivity index (χ0) is 14.3. The zero-order valence-electron chi connectivity index (χ0n) is 11.7. The van der Waals surface area contributed by atoms with Crippen LogP contribution in [0.15, 0.2) is 24.3 Å². The molecule has 0 fully saturated rings. The summed E-state index contributed by atoms with van der Waals surface area (Å²) < 4.78 is 10.5. The maximum absolute atomic E-state index is 11.7. The number of ether oxygens (including phenoxy) is 2. The minimum Gasteiger partial charge on any atom is -0.481 e. The maximum Gasteiger partial charge on any atom is 0.260 e. The largest absolute Gasteiger partial charge is 0.481 e. The summed E-state index contributed by atoms with van der Waals surface area (Å²) in [6.07, 6.45) is -0.555. The number of hydrogen-bond acceptors (Lipinski definition) is 4. The van der Waals surface area contributed by atoms with E-state index in [1.165, 1.54) is 0 Å². The summed E-state index contributed by atoms with van der Waals surface area (Å²) in [5.41, 5.74) is 6.78. The SMILES string of the molecule is COCCNC(=O)C(C)Oc1cccc(C(C)N)c1. The number of rotatable bonds is 7. The van der Waals surface area contributed by atoms with Gasteiger partial charge in [0.25, 0.3) is 5.91 Å².